The van der Waals surface area contributed by atoms with Crippen LogP contribution in [0.5, 0.6) is 5.75 Å². The average molecular weight is 399 g/mol. The Kier molecular flexibility index (Phi) is 4.96. The van der Waals surface area contributed by atoms with Crippen LogP contribution in [0, 0.1) is 0 Å². The highest BCUT2D eigenvalue weighted by Gasteiger charge is 2.18. The van der Waals surface area contributed by atoms with Gasteiger partial charge in [-0.05, 0) is 28.1 Å². The summed E-state index contributed by atoms with van der Waals surface area (Å²) in [6.45, 7) is -3.05. The molecule has 0 fully saturated rings. The summed E-state index contributed by atoms with van der Waals surface area (Å²) in [4.78, 5) is 15.8. The van der Waals surface area contributed by atoms with Gasteiger partial charge in [0.15, 0.2) is 10.9 Å². The van der Waals surface area contributed by atoms with Gasteiger partial charge in [-0.3, -0.25) is 4.79 Å². The van der Waals surface area contributed by atoms with Crippen molar-refractivity contribution < 1.29 is 18.3 Å². The number of nitrogen functional groups attached to an aromatic ring is 1. The van der Waals surface area contributed by atoms with Crippen LogP contribution < -0.4 is 15.8 Å². The number of benzene rings is 1. The summed E-state index contributed by atoms with van der Waals surface area (Å²) < 4.78 is 29.4. The molecule has 1 aromatic heterocycles. The molecule has 112 valence electrons. The minimum atomic E-state index is -3.05. The third-order valence-corrected chi connectivity index (χ3v) is 3.70. The fourth-order valence-corrected chi connectivity index (χ4v) is 2.89. The Balaban J connectivity index is 2.32. The van der Waals surface area contributed by atoms with E-state index in [-0.39, 0.29) is 31.8 Å². The van der Waals surface area contributed by atoms with E-state index in [0.717, 1.165) is 11.3 Å². The Labute approximate surface area is 135 Å². The minimum absolute atomic E-state index is 0.00811. The van der Waals surface area contributed by atoms with Crippen LogP contribution in [0.25, 0.3) is 0 Å². The van der Waals surface area contributed by atoms with Crippen LogP contribution in [0.4, 0.5) is 19.6 Å². The number of carbonyl (C=O) groups is 1. The summed E-state index contributed by atoms with van der Waals surface area (Å²) in [5.41, 5.74) is 5.49. The van der Waals surface area contributed by atoms with Crippen LogP contribution in [0.2, 0.25) is 5.02 Å². The maximum Gasteiger partial charge on any atom is 0.387 e. The lowest BCUT2D eigenvalue weighted by molar-refractivity contribution is -0.0498. The van der Waals surface area contributed by atoms with Crippen LogP contribution in [0.15, 0.2) is 22.0 Å². The van der Waals surface area contributed by atoms with Gasteiger partial charge >= 0.3 is 6.61 Å². The molecule has 5 nitrogen and oxygen atoms in total. The molecule has 0 atom stereocenters. The van der Waals surface area contributed by atoms with Gasteiger partial charge in [0.1, 0.15) is 5.69 Å². The molecule has 0 saturated carbocycles. The number of alkyl halides is 2. The smallest absolute Gasteiger partial charge is 0.387 e. The van der Waals surface area contributed by atoms with Gasteiger partial charge in [-0.2, -0.15) is 8.78 Å². The molecule has 0 unspecified atom stereocenters. The number of hydrogen-bond acceptors (Lipinski definition) is 5. The monoisotopic (exact) mass is 397 g/mol. The van der Waals surface area contributed by atoms with E-state index in [1.165, 1.54) is 17.5 Å². The molecule has 0 bridgehead atoms. The second-order valence-electron chi connectivity index (χ2n) is 3.67. The molecule has 10 heteroatoms. The molecule has 1 amide bonds. The second-order valence-corrected chi connectivity index (χ2v) is 5.85. The fraction of sp³-hybridized carbons (Fsp3) is 0.0909. The molecule has 0 radical (unpaired) electrons. The van der Waals surface area contributed by atoms with Gasteiger partial charge in [-0.15, -0.1) is 11.3 Å². The van der Waals surface area contributed by atoms with Gasteiger partial charge in [0.05, 0.1) is 10.2 Å². The van der Waals surface area contributed by atoms with E-state index in [0.29, 0.717) is 0 Å². The maximum absolute atomic E-state index is 12.4. The number of halogens is 4. The zero-order valence-corrected chi connectivity index (χ0v) is 13.2. The summed E-state index contributed by atoms with van der Waals surface area (Å²) in [5, 5.41) is 4.30. The fourth-order valence-electron chi connectivity index (χ4n) is 1.44. The van der Waals surface area contributed by atoms with Crippen molar-refractivity contribution in [2.75, 3.05) is 11.1 Å². The van der Waals surface area contributed by atoms with Gasteiger partial charge in [0.25, 0.3) is 5.91 Å². The molecular weight excluding hydrogens is 392 g/mol. The van der Waals surface area contributed by atoms with E-state index in [1.807, 2.05) is 0 Å². The number of carbonyl (C=O) groups excluding carboxylic acids is 1. The van der Waals surface area contributed by atoms with Crippen molar-refractivity contribution in [2.24, 2.45) is 0 Å². The number of nitrogens with zero attached hydrogens (tertiary/aromatic N) is 1. The Hall–Kier alpha value is -1.45. The van der Waals surface area contributed by atoms with Crippen molar-refractivity contribution in [1.29, 1.82) is 0 Å². The third kappa shape index (κ3) is 4.02. The first-order chi connectivity index (χ1) is 9.86. The van der Waals surface area contributed by atoms with Gasteiger partial charge in [-0.1, -0.05) is 11.6 Å². The van der Waals surface area contributed by atoms with Crippen LogP contribution in [-0.2, 0) is 0 Å². The van der Waals surface area contributed by atoms with Crippen LogP contribution in [0.1, 0.15) is 10.5 Å². The number of hydrogen-bond donors (Lipinski definition) is 2. The summed E-state index contributed by atoms with van der Waals surface area (Å²) >= 11 is 9.97. The van der Waals surface area contributed by atoms with Gasteiger partial charge in [0, 0.05) is 10.4 Å². The van der Waals surface area contributed by atoms with Crippen LogP contribution >= 0.6 is 38.9 Å². The average Bonchev–Trinajstić information content (AvgIpc) is 2.80. The molecule has 0 aliphatic carbocycles. The van der Waals surface area contributed by atoms with E-state index >= 15 is 0 Å². The first kappa shape index (κ1) is 15.9. The van der Waals surface area contributed by atoms with Crippen LogP contribution in [-0.4, -0.2) is 17.5 Å². The number of nitrogens with one attached hydrogen (secondary N) is 1. The Morgan fingerprint density at radius 3 is 2.81 bits per heavy atom. The lowest BCUT2D eigenvalue weighted by atomic mass is 10.3. The summed E-state index contributed by atoms with van der Waals surface area (Å²) in [7, 11) is 0. The summed E-state index contributed by atoms with van der Waals surface area (Å²) in [6, 6.07) is 2.66. The normalized spacial score (nSPS) is 10.7. The first-order valence-corrected chi connectivity index (χ1v) is 7.38. The molecule has 1 aromatic carbocycles. The van der Waals surface area contributed by atoms with Crippen molar-refractivity contribution in [3.05, 3.63) is 32.7 Å². The Morgan fingerprint density at radius 2 is 2.24 bits per heavy atom. The van der Waals surface area contributed by atoms with Gasteiger partial charge in [-0.25, -0.2) is 4.98 Å². The lowest BCUT2D eigenvalue weighted by Crippen LogP contribution is -2.14. The maximum atomic E-state index is 12.4. The van der Waals surface area contributed by atoms with E-state index in [9.17, 15) is 13.6 Å². The zero-order chi connectivity index (χ0) is 15.6. The molecule has 0 aliphatic rings. The molecule has 2 aromatic rings. The SMILES string of the molecule is Nc1nc(C(=O)Nc2cc(Cl)cc(Br)c2OC(F)F)cs1. The van der Waals surface area contributed by atoms with Crippen LogP contribution in [0.3, 0.4) is 0 Å². The highest BCUT2D eigenvalue weighted by atomic mass is 79.9. The molecule has 1 heterocycles. The summed E-state index contributed by atoms with van der Waals surface area (Å²) in [5.74, 6) is -0.845. The number of rotatable bonds is 4. The number of thiazole rings is 1. The highest BCUT2D eigenvalue weighted by Crippen LogP contribution is 2.37. The summed E-state index contributed by atoms with van der Waals surface area (Å²) in [6.07, 6.45) is 0. The molecule has 0 aliphatic heterocycles. The largest absolute Gasteiger partial charge is 0.431 e. The number of amides is 1. The first-order valence-electron chi connectivity index (χ1n) is 5.33. The van der Waals surface area contributed by atoms with Gasteiger partial charge < -0.3 is 15.8 Å². The molecule has 2 rings (SSSR count). The molecular formula is C11H7BrClF2N3O2S. The number of aromatic nitrogens is 1. The highest BCUT2D eigenvalue weighted by molar-refractivity contribution is 9.10. The number of anilines is 2. The molecule has 0 saturated heterocycles. The Bertz CT molecular complexity index is 683. The lowest BCUT2D eigenvalue weighted by Gasteiger charge is -2.13. The second kappa shape index (κ2) is 6.54. The van der Waals surface area contributed by atoms with E-state index in [4.69, 9.17) is 17.3 Å². The molecule has 21 heavy (non-hydrogen) atoms. The Morgan fingerprint density at radius 1 is 1.52 bits per heavy atom. The standard InChI is InChI=1S/C11H7BrClF2N3O2S/c12-5-1-4(13)2-6(8(5)20-10(14)15)17-9(19)7-3-21-11(16)18-7/h1-3,10H,(H2,16,18)(H,17,19). The molecule has 0 spiro atoms. The topological polar surface area (TPSA) is 77.2 Å². The van der Waals surface area contributed by atoms with Gasteiger partial charge in [0.2, 0.25) is 0 Å². The van der Waals surface area contributed by atoms with E-state index in [1.54, 1.807) is 0 Å². The van der Waals surface area contributed by atoms with Crippen molar-refractivity contribution in [3.63, 3.8) is 0 Å². The third-order valence-electron chi connectivity index (χ3n) is 2.22. The number of nitrogens with two attached hydrogens (primary N) is 1. The van der Waals surface area contributed by atoms with Crippen molar-refractivity contribution in [3.8, 4) is 5.75 Å². The predicted octanol–water partition coefficient (Wildman–Crippen LogP) is 3.99. The predicted molar refractivity (Wildman–Crippen MR) is 80.3 cm³/mol. The zero-order valence-electron chi connectivity index (χ0n) is 10.1. The van der Waals surface area contributed by atoms with E-state index in [2.05, 4.69) is 31.0 Å². The van der Waals surface area contributed by atoms with E-state index < -0.39 is 12.5 Å². The number of ether oxygens (including phenoxy) is 1. The van der Waals surface area contributed by atoms with Crippen molar-refractivity contribution in [2.45, 2.75) is 6.61 Å². The molecule has 3 N–H and O–H groups in total. The van der Waals surface area contributed by atoms with Crippen molar-refractivity contribution in [1.82, 2.24) is 4.98 Å². The van der Waals surface area contributed by atoms with Crippen molar-refractivity contribution >= 4 is 55.6 Å². The quantitative estimate of drug-likeness (QED) is 0.816. The minimum Gasteiger partial charge on any atom is -0.431 e.